The Labute approximate surface area is 190 Å². The summed E-state index contributed by atoms with van der Waals surface area (Å²) >= 11 is 0. The van der Waals surface area contributed by atoms with Gasteiger partial charge in [-0.05, 0) is 36.9 Å². The van der Waals surface area contributed by atoms with Gasteiger partial charge in [0.15, 0.2) is 0 Å². The number of methoxy groups -OCH3 is 1. The minimum atomic E-state index is -0.696. The zero-order chi connectivity index (χ0) is 23.1. The first-order chi connectivity index (χ1) is 15.4. The molecule has 1 heterocycles. The zero-order valence-corrected chi connectivity index (χ0v) is 19.3. The van der Waals surface area contributed by atoms with Gasteiger partial charge in [0.25, 0.3) is 0 Å². The molecule has 2 aromatic rings. The second kappa shape index (κ2) is 11.0. The quantitative estimate of drug-likeness (QED) is 0.641. The second-order valence-corrected chi connectivity index (χ2v) is 8.24. The van der Waals surface area contributed by atoms with Gasteiger partial charge in [-0.3, -0.25) is 14.5 Å². The summed E-state index contributed by atoms with van der Waals surface area (Å²) < 4.78 is 5.16. The number of carbonyl (C=O) groups is 2. The number of nitrogens with zero attached hydrogens (tertiary/aromatic N) is 3. The number of rotatable bonds is 7. The van der Waals surface area contributed by atoms with Gasteiger partial charge in [0.2, 0.25) is 0 Å². The van der Waals surface area contributed by atoms with Gasteiger partial charge in [-0.1, -0.05) is 18.2 Å². The van der Waals surface area contributed by atoms with Crippen LogP contribution in [-0.2, 0) is 9.59 Å². The van der Waals surface area contributed by atoms with Gasteiger partial charge in [-0.25, -0.2) is 0 Å². The van der Waals surface area contributed by atoms with Crippen LogP contribution in [0.4, 0.5) is 11.4 Å². The van der Waals surface area contributed by atoms with Crippen LogP contribution >= 0.6 is 0 Å². The predicted molar refractivity (Wildman–Crippen MR) is 127 cm³/mol. The number of ether oxygens (including phenoxy) is 1. The fourth-order valence-electron chi connectivity index (χ4n) is 3.74. The minimum Gasteiger partial charge on any atom is -0.497 e. The van der Waals surface area contributed by atoms with E-state index < -0.39 is 11.8 Å². The molecule has 2 aromatic carbocycles. The topological polar surface area (TPSA) is 77.1 Å². The van der Waals surface area contributed by atoms with Crippen molar-refractivity contribution in [1.82, 2.24) is 15.1 Å². The van der Waals surface area contributed by atoms with Crippen LogP contribution in [0.1, 0.15) is 11.6 Å². The highest BCUT2D eigenvalue weighted by atomic mass is 16.5. The van der Waals surface area contributed by atoms with Crippen molar-refractivity contribution in [2.45, 2.75) is 6.04 Å². The Hall–Kier alpha value is -3.10. The van der Waals surface area contributed by atoms with Crippen molar-refractivity contribution in [2.75, 3.05) is 71.2 Å². The van der Waals surface area contributed by atoms with Crippen LogP contribution < -0.4 is 20.3 Å². The Bertz CT molecular complexity index is 908. The standard InChI is InChI=1S/C24H33N5O3/c1-27(2)20-10-8-18(9-11-20)22(29-14-12-28(3)13-15-29)17-25-23(30)24(31)26-19-6-5-7-21(16-19)32-4/h5-11,16,22H,12-15,17H2,1-4H3,(H,25,30)(H,26,31). The van der Waals surface area contributed by atoms with E-state index in [0.717, 1.165) is 37.4 Å². The van der Waals surface area contributed by atoms with Gasteiger partial charge in [-0.2, -0.15) is 0 Å². The van der Waals surface area contributed by atoms with E-state index in [1.165, 1.54) is 0 Å². The third-order valence-corrected chi connectivity index (χ3v) is 5.76. The average molecular weight is 440 g/mol. The van der Waals surface area contributed by atoms with Gasteiger partial charge in [0.1, 0.15) is 5.75 Å². The molecule has 1 aliphatic rings. The number of likely N-dealkylation sites (N-methyl/N-ethyl adjacent to an activating group) is 1. The Kier molecular flexibility index (Phi) is 8.08. The molecule has 2 N–H and O–H groups in total. The van der Waals surface area contributed by atoms with Crippen LogP contribution in [0.3, 0.4) is 0 Å². The molecule has 0 radical (unpaired) electrons. The van der Waals surface area contributed by atoms with E-state index in [2.05, 4.69) is 56.6 Å². The number of hydrogen-bond donors (Lipinski definition) is 2. The zero-order valence-electron chi connectivity index (χ0n) is 19.3. The van der Waals surface area contributed by atoms with E-state index in [1.54, 1.807) is 31.4 Å². The predicted octanol–water partition coefficient (Wildman–Crippen LogP) is 1.80. The van der Waals surface area contributed by atoms with Crippen LogP contribution in [0.15, 0.2) is 48.5 Å². The third kappa shape index (κ3) is 6.21. The molecule has 0 saturated carbocycles. The number of amides is 2. The van der Waals surface area contributed by atoms with Gasteiger partial charge >= 0.3 is 11.8 Å². The lowest BCUT2D eigenvalue weighted by atomic mass is 10.0. The maximum absolute atomic E-state index is 12.5. The smallest absolute Gasteiger partial charge is 0.313 e. The molecule has 8 nitrogen and oxygen atoms in total. The van der Waals surface area contributed by atoms with Gasteiger partial charge < -0.3 is 25.2 Å². The largest absolute Gasteiger partial charge is 0.497 e. The van der Waals surface area contributed by atoms with E-state index in [0.29, 0.717) is 18.0 Å². The van der Waals surface area contributed by atoms with Crippen LogP contribution in [0.2, 0.25) is 0 Å². The summed E-state index contributed by atoms with van der Waals surface area (Å²) in [5, 5.41) is 5.46. The molecule has 1 unspecified atom stereocenters. The molecule has 8 heteroatoms. The van der Waals surface area contributed by atoms with Crippen molar-refractivity contribution in [3.05, 3.63) is 54.1 Å². The third-order valence-electron chi connectivity index (χ3n) is 5.76. The molecule has 0 bridgehead atoms. The summed E-state index contributed by atoms with van der Waals surface area (Å²) in [4.78, 5) is 31.7. The summed E-state index contributed by atoms with van der Waals surface area (Å²) in [7, 11) is 7.68. The molecule has 3 rings (SSSR count). The fraction of sp³-hybridized carbons (Fsp3) is 0.417. The lowest BCUT2D eigenvalue weighted by Crippen LogP contribution is -2.49. The normalized spacial score (nSPS) is 15.6. The van der Waals surface area contributed by atoms with Crippen LogP contribution in [0.5, 0.6) is 5.75 Å². The highest BCUT2D eigenvalue weighted by molar-refractivity contribution is 6.39. The van der Waals surface area contributed by atoms with Crippen molar-refractivity contribution >= 4 is 23.2 Å². The molecule has 1 fully saturated rings. The summed E-state index contributed by atoms with van der Waals surface area (Å²) in [6.45, 7) is 4.10. The van der Waals surface area contributed by atoms with Crippen molar-refractivity contribution in [3.8, 4) is 5.75 Å². The molecule has 2 amide bonds. The maximum Gasteiger partial charge on any atom is 0.313 e. The van der Waals surface area contributed by atoms with Crippen molar-refractivity contribution in [1.29, 1.82) is 0 Å². The number of nitrogens with one attached hydrogen (secondary N) is 2. The van der Waals surface area contributed by atoms with Crippen molar-refractivity contribution in [3.63, 3.8) is 0 Å². The van der Waals surface area contributed by atoms with E-state index in [4.69, 9.17) is 4.74 Å². The van der Waals surface area contributed by atoms with E-state index in [1.807, 2.05) is 14.1 Å². The van der Waals surface area contributed by atoms with Crippen LogP contribution in [0.25, 0.3) is 0 Å². The SMILES string of the molecule is COc1cccc(NC(=O)C(=O)NCC(c2ccc(N(C)C)cc2)N2CCN(C)CC2)c1. The maximum atomic E-state index is 12.5. The molecule has 1 atom stereocenters. The lowest BCUT2D eigenvalue weighted by molar-refractivity contribution is -0.136. The number of anilines is 2. The van der Waals surface area contributed by atoms with Gasteiger partial charge in [0, 0.05) is 64.3 Å². The molecule has 0 spiro atoms. The Morgan fingerprint density at radius 2 is 1.72 bits per heavy atom. The first-order valence-corrected chi connectivity index (χ1v) is 10.8. The average Bonchev–Trinajstić information content (AvgIpc) is 2.80. The Morgan fingerprint density at radius 1 is 1.03 bits per heavy atom. The van der Waals surface area contributed by atoms with Crippen LogP contribution in [0, 0.1) is 0 Å². The molecular weight excluding hydrogens is 406 g/mol. The van der Waals surface area contributed by atoms with E-state index in [9.17, 15) is 9.59 Å². The van der Waals surface area contributed by atoms with Gasteiger partial charge in [-0.15, -0.1) is 0 Å². The minimum absolute atomic E-state index is 0.00604. The fourth-order valence-corrected chi connectivity index (χ4v) is 3.74. The van der Waals surface area contributed by atoms with Crippen molar-refractivity contribution < 1.29 is 14.3 Å². The molecule has 0 aliphatic carbocycles. The number of carbonyl (C=O) groups excluding carboxylic acids is 2. The molecular formula is C24H33N5O3. The monoisotopic (exact) mass is 439 g/mol. The number of hydrogen-bond acceptors (Lipinski definition) is 6. The molecule has 1 aliphatic heterocycles. The lowest BCUT2D eigenvalue weighted by Gasteiger charge is -2.38. The highest BCUT2D eigenvalue weighted by Gasteiger charge is 2.25. The summed E-state index contributed by atoms with van der Waals surface area (Å²) in [5.74, 6) is -0.741. The Morgan fingerprint density at radius 3 is 2.34 bits per heavy atom. The first-order valence-electron chi connectivity index (χ1n) is 10.8. The van der Waals surface area contributed by atoms with Crippen molar-refractivity contribution in [2.24, 2.45) is 0 Å². The second-order valence-electron chi connectivity index (χ2n) is 8.24. The molecule has 1 saturated heterocycles. The molecule has 172 valence electrons. The Balaban J connectivity index is 1.67. The molecule has 32 heavy (non-hydrogen) atoms. The summed E-state index contributed by atoms with van der Waals surface area (Å²) in [6.07, 6.45) is 0. The summed E-state index contributed by atoms with van der Waals surface area (Å²) in [6, 6.07) is 15.3. The number of piperazine rings is 1. The highest BCUT2D eigenvalue weighted by Crippen LogP contribution is 2.24. The van der Waals surface area contributed by atoms with Crippen LogP contribution in [-0.4, -0.2) is 82.6 Å². The molecule has 0 aromatic heterocycles. The first kappa shape index (κ1) is 23.6. The van der Waals surface area contributed by atoms with E-state index in [-0.39, 0.29) is 6.04 Å². The summed E-state index contributed by atoms with van der Waals surface area (Å²) in [5.41, 5.74) is 2.75. The van der Waals surface area contributed by atoms with E-state index >= 15 is 0 Å². The number of benzene rings is 2. The van der Waals surface area contributed by atoms with Gasteiger partial charge in [0.05, 0.1) is 13.2 Å².